The van der Waals surface area contributed by atoms with Gasteiger partial charge in [-0.3, -0.25) is 0 Å². The largest absolute Gasteiger partial charge is 0.315 e. The molecule has 1 aliphatic carbocycles. The summed E-state index contributed by atoms with van der Waals surface area (Å²) in [7, 11) is 0. The van der Waals surface area contributed by atoms with E-state index in [0.717, 1.165) is 30.6 Å². The van der Waals surface area contributed by atoms with Crippen molar-refractivity contribution in [3.8, 4) is 0 Å². The molecule has 84 valence electrons. The SMILES string of the molecule is Cc1nc(CNCCNCC2CC2)cs1. The summed E-state index contributed by atoms with van der Waals surface area (Å²) in [5.74, 6) is 0.978. The predicted octanol–water partition coefficient (Wildman–Crippen LogP) is 1.54. The third kappa shape index (κ3) is 4.28. The van der Waals surface area contributed by atoms with Gasteiger partial charge in [-0.15, -0.1) is 11.3 Å². The van der Waals surface area contributed by atoms with Crippen LogP contribution in [-0.2, 0) is 6.54 Å². The maximum atomic E-state index is 4.40. The maximum absolute atomic E-state index is 4.40. The minimum Gasteiger partial charge on any atom is -0.315 e. The number of rotatable bonds is 7. The molecule has 1 fully saturated rings. The fraction of sp³-hybridized carbons (Fsp3) is 0.727. The summed E-state index contributed by atoms with van der Waals surface area (Å²) in [4.78, 5) is 4.40. The molecule has 4 heteroatoms. The van der Waals surface area contributed by atoms with Crippen LogP contribution in [0.4, 0.5) is 0 Å². The second-order valence-corrected chi connectivity index (χ2v) is 5.24. The van der Waals surface area contributed by atoms with Crippen molar-refractivity contribution in [1.29, 1.82) is 0 Å². The Kier molecular flexibility index (Phi) is 4.11. The molecule has 0 aliphatic heterocycles. The molecule has 0 bridgehead atoms. The zero-order valence-electron chi connectivity index (χ0n) is 9.25. The topological polar surface area (TPSA) is 37.0 Å². The van der Waals surface area contributed by atoms with Crippen LogP contribution in [0, 0.1) is 12.8 Å². The zero-order chi connectivity index (χ0) is 10.5. The van der Waals surface area contributed by atoms with Crippen LogP contribution in [0.3, 0.4) is 0 Å². The van der Waals surface area contributed by atoms with E-state index in [-0.39, 0.29) is 0 Å². The highest BCUT2D eigenvalue weighted by atomic mass is 32.1. The van der Waals surface area contributed by atoms with Gasteiger partial charge in [-0.2, -0.15) is 0 Å². The van der Waals surface area contributed by atoms with Gasteiger partial charge < -0.3 is 10.6 Å². The van der Waals surface area contributed by atoms with Gasteiger partial charge in [-0.1, -0.05) is 0 Å². The van der Waals surface area contributed by atoms with Crippen molar-refractivity contribution in [2.75, 3.05) is 19.6 Å². The first-order valence-electron chi connectivity index (χ1n) is 5.67. The smallest absolute Gasteiger partial charge is 0.0897 e. The van der Waals surface area contributed by atoms with Gasteiger partial charge in [-0.25, -0.2) is 4.98 Å². The fourth-order valence-corrected chi connectivity index (χ4v) is 2.12. The monoisotopic (exact) mass is 225 g/mol. The minimum absolute atomic E-state index is 0.898. The standard InChI is InChI=1S/C11H19N3S/c1-9-14-11(8-15-9)7-13-5-4-12-6-10-2-3-10/h8,10,12-13H,2-7H2,1H3. The number of thiazole rings is 1. The molecular formula is C11H19N3S. The van der Waals surface area contributed by atoms with E-state index in [4.69, 9.17) is 0 Å². The summed E-state index contributed by atoms with van der Waals surface area (Å²) < 4.78 is 0. The number of aromatic nitrogens is 1. The van der Waals surface area contributed by atoms with E-state index in [0.29, 0.717) is 0 Å². The highest BCUT2D eigenvalue weighted by molar-refractivity contribution is 7.09. The van der Waals surface area contributed by atoms with E-state index in [2.05, 4.69) is 21.0 Å². The van der Waals surface area contributed by atoms with Crippen molar-refractivity contribution < 1.29 is 0 Å². The summed E-state index contributed by atoms with van der Waals surface area (Å²) in [5.41, 5.74) is 1.17. The Hall–Kier alpha value is -0.450. The molecule has 3 nitrogen and oxygen atoms in total. The highest BCUT2D eigenvalue weighted by Crippen LogP contribution is 2.27. The van der Waals surface area contributed by atoms with Crippen LogP contribution in [0.5, 0.6) is 0 Å². The summed E-state index contributed by atoms with van der Waals surface area (Å²) in [6.45, 7) is 6.25. The molecule has 2 N–H and O–H groups in total. The lowest BCUT2D eigenvalue weighted by Crippen LogP contribution is -2.28. The third-order valence-electron chi connectivity index (χ3n) is 2.58. The molecule has 0 amide bonds. The molecule has 15 heavy (non-hydrogen) atoms. The Bertz CT molecular complexity index is 294. The van der Waals surface area contributed by atoms with E-state index in [1.165, 1.54) is 25.1 Å². The molecular weight excluding hydrogens is 206 g/mol. The van der Waals surface area contributed by atoms with E-state index < -0.39 is 0 Å². The summed E-state index contributed by atoms with van der Waals surface area (Å²) >= 11 is 1.72. The highest BCUT2D eigenvalue weighted by Gasteiger charge is 2.19. The lowest BCUT2D eigenvalue weighted by Gasteiger charge is -2.04. The van der Waals surface area contributed by atoms with Crippen LogP contribution >= 0.6 is 11.3 Å². The predicted molar refractivity (Wildman–Crippen MR) is 64.2 cm³/mol. The molecule has 1 aromatic heterocycles. The molecule has 0 atom stereocenters. The summed E-state index contributed by atoms with van der Waals surface area (Å²) in [6, 6.07) is 0. The molecule has 1 aromatic rings. The number of nitrogens with zero attached hydrogens (tertiary/aromatic N) is 1. The van der Waals surface area contributed by atoms with Gasteiger partial charge in [0, 0.05) is 25.0 Å². The first kappa shape index (κ1) is 11.0. The molecule has 1 heterocycles. The van der Waals surface area contributed by atoms with Gasteiger partial charge in [0.05, 0.1) is 10.7 Å². The van der Waals surface area contributed by atoms with Gasteiger partial charge >= 0.3 is 0 Å². The number of hydrogen-bond donors (Lipinski definition) is 2. The quantitative estimate of drug-likeness (QED) is 0.691. The average molecular weight is 225 g/mol. The molecule has 0 saturated heterocycles. The molecule has 0 aromatic carbocycles. The maximum Gasteiger partial charge on any atom is 0.0897 e. The Labute approximate surface area is 95.3 Å². The molecule has 0 spiro atoms. The lowest BCUT2D eigenvalue weighted by atomic mass is 10.4. The minimum atomic E-state index is 0.898. The average Bonchev–Trinajstić information content (AvgIpc) is 2.95. The Morgan fingerprint density at radius 3 is 2.87 bits per heavy atom. The molecule has 1 aliphatic rings. The fourth-order valence-electron chi connectivity index (χ4n) is 1.51. The number of hydrogen-bond acceptors (Lipinski definition) is 4. The second kappa shape index (κ2) is 5.58. The van der Waals surface area contributed by atoms with E-state index in [1.54, 1.807) is 11.3 Å². The van der Waals surface area contributed by atoms with Crippen molar-refractivity contribution in [3.63, 3.8) is 0 Å². The normalized spacial score (nSPS) is 15.8. The van der Waals surface area contributed by atoms with Gasteiger partial charge in [0.2, 0.25) is 0 Å². The second-order valence-electron chi connectivity index (χ2n) is 4.18. The molecule has 0 unspecified atom stereocenters. The van der Waals surface area contributed by atoms with Crippen molar-refractivity contribution in [1.82, 2.24) is 15.6 Å². The Balaban J connectivity index is 1.47. The van der Waals surface area contributed by atoms with Gasteiger partial charge in [-0.05, 0) is 32.2 Å². The van der Waals surface area contributed by atoms with Gasteiger partial charge in [0.15, 0.2) is 0 Å². The summed E-state index contributed by atoms with van der Waals surface area (Å²) in [5, 5.41) is 10.1. The van der Waals surface area contributed by atoms with E-state index in [9.17, 15) is 0 Å². The van der Waals surface area contributed by atoms with Crippen LogP contribution in [0.15, 0.2) is 5.38 Å². The summed E-state index contributed by atoms with van der Waals surface area (Å²) in [6.07, 6.45) is 2.86. The van der Waals surface area contributed by atoms with Crippen molar-refractivity contribution in [2.45, 2.75) is 26.3 Å². The lowest BCUT2D eigenvalue weighted by molar-refractivity contribution is 0.586. The number of aryl methyl sites for hydroxylation is 1. The Morgan fingerprint density at radius 2 is 2.20 bits per heavy atom. The van der Waals surface area contributed by atoms with Crippen molar-refractivity contribution in [3.05, 3.63) is 16.1 Å². The van der Waals surface area contributed by atoms with Gasteiger partial charge in [0.25, 0.3) is 0 Å². The van der Waals surface area contributed by atoms with Crippen molar-refractivity contribution in [2.24, 2.45) is 5.92 Å². The van der Waals surface area contributed by atoms with Crippen LogP contribution in [0.2, 0.25) is 0 Å². The first-order chi connectivity index (χ1) is 7.34. The van der Waals surface area contributed by atoms with Crippen molar-refractivity contribution >= 4 is 11.3 Å². The third-order valence-corrected chi connectivity index (χ3v) is 3.40. The van der Waals surface area contributed by atoms with E-state index in [1.807, 2.05) is 6.92 Å². The Morgan fingerprint density at radius 1 is 1.40 bits per heavy atom. The van der Waals surface area contributed by atoms with Crippen LogP contribution in [-0.4, -0.2) is 24.6 Å². The van der Waals surface area contributed by atoms with Crippen LogP contribution in [0.1, 0.15) is 23.5 Å². The van der Waals surface area contributed by atoms with Gasteiger partial charge in [0.1, 0.15) is 0 Å². The molecule has 0 radical (unpaired) electrons. The molecule has 2 rings (SSSR count). The van der Waals surface area contributed by atoms with Crippen LogP contribution < -0.4 is 10.6 Å². The van der Waals surface area contributed by atoms with E-state index >= 15 is 0 Å². The first-order valence-corrected chi connectivity index (χ1v) is 6.55. The zero-order valence-corrected chi connectivity index (χ0v) is 10.1. The molecule has 1 saturated carbocycles. The number of nitrogens with one attached hydrogen (secondary N) is 2. The van der Waals surface area contributed by atoms with Crippen LogP contribution in [0.25, 0.3) is 0 Å².